The minimum Gasteiger partial charge on any atom is -0.337 e. The van der Waals surface area contributed by atoms with Crippen LogP contribution in [0.1, 0.15) is 28.9 Å². The summed E-state index contributed by atoms with van der Waals surface area (Å²) in [6.45, 7) is 3.32. The molecular formula is C12H17N3O. The van der Waals surface area contributed by atoms with E-state index in [0.717, 1.165) is 25.1 Å². The Labute approximate surface area is 95.5 Å². The number of piperidine rings is 1. The van der Waals surface area contributed by atoms with Gasteiger partial charge in [0, 0.05) is 31.0 Å². The SMILES string of the molecule is Cc1ncccc1C(=O)N1CCC[C@@H](N)C1. The number of amides is 1. The fourth-order valence-electron chi connectivity index (χ4n) is 2.08. The number of aromatic nitrogens is 1. The smallest absolute Gasteiger partial charge is 0.255 e. The molecule has 1 amide bonds. The lowest BCUT2D eigenvalue weighted by molar-refractivity contribution is 0.0707. The molecule has 1 aromatic rings. The van der Waals surface area contributed by atoms with Crippen molar-refractivity contribution in [1.29, 1.82) is 0 Å². The first-order valence-corrected chi connectivity index (χ1v) is 5.65. The Morgan fingerprint density at radius 3 is 3.12 bits per heavy atom. The monoisotopic (exact) mass is 219 g/mol. The van der Waals surface area contributed by atoms with E-state index in [9.17, 15) is 4.79 Å². The van der Waals surface area contributed by atoms with Gasteiger partial charge in [-0.15, -0.1) is 0 Å². The summed E-state index contributed by atoms with van der Waals surface area (Å²) in [6.07, 6.45) is 3.70. The molecule has 0 radical (unpaired) electrons. The zero-order chi connectivity index (χ0) is 11.5. The zero-order valence-electron chi connectivity index (χ0n) is 9.52. The van der Waals surface area contributed by atoms with Crippen molar-refractivity contribution in [1.82, 2.24) is 9.88 Å². The van der Waals surface area contributed by atoms with Crippen molar-refractivity contribution in [2.45, 2.75) is 25.8 Å². The maximum absolute atomic E-state index is 12.2. The highest BCUT2D eigenvalue weighted by atomic mass is 16.2. The van der Waals surface area contributed by atoms with Gasteiger partial charge in [0.25, 0.3) is 5.91 Å². The van der Waals surface area contributed by atoms with Gasteiger partial charge < -0.3 is 10.6 Å². The summed E-state index contributed by atoms with van der Waals surface area (Å²) in [7, 11) is 0. The Morgan fingerprint density at radius 2 is 2.44 bits per heavy atom. The molecule has 1 aliphatic rings. The first kappa shape index (κ1) is 11.1. The minimum absolute atomic E-state index is 0.0563. The lowest BCUT2D eigenvalue weighted by atomic mass is 10.1. The van der Waals surface area contributed by atoms with Gasteiger partial charge in [-0.05, 0) is 31.9 Å². The number of likely N-dealkylation sites (tertiary alicyclic amines) is 1. The van der Waals surface area contributed by atoms with Crippen LogP contribution in [0, 0.1) is 6.92 Å². The minimum atomic E-state index is 0.0563. The number of pyridine rings is 1. The predicted molar refractivity (Wildman–Crippen MR) is 62.1 cm³/mol. The molecule has 0 aliphatic carbocycles. The van der Waals surface area contributed by atoms with E-state index >= 15 is 0 Å². The number of hydrogen-bond donors (Lipinski definition) is 1. The van der Waals surface area contributed by atoms with E-state index in [0.29, 0.717) is 12.1 Å². The topological polar surface area (TPSA) is 59.2 Å². The van der Waals surface area contributed by atoms with Gasteiger partial charge in [0.2, 0.25) is 0 Å². The summed E-state index contributed by atoms with van der Waals surface area (Å²) in [5.41, 5.74) is 7.34. The van der Waals surface area contributed by atoms with E-state index in [1.165, 1.54) is 0 Å². The zero-order valence-corrected chi connectivity index (χ0v) is 9.52. The van der Waals surface area contributed by atoms with Gasteiger partial charge in [-0.1, -0.05) is 0 Å². The van der Waals surface area contributed by atoms with Crippen molar-refractivity contribution in [2.75, 3.05) is 13.1 Å². The Bertz CT molecular complexity index is 392. The van der Waals surface area contributed by atoms with Crippen molar-refractivity contribution < 1.29 is 4.79 Å². The van der Waals surface area contributed by atoms with Crippen molar-refractivity contribution in [2.24, 2.45) is 5.73 Å². The molecule has 4 heteroatoms. The van der Waals surface area contributed by atoms with E-state index in [1.807, 2.05) is 17.9 Å². The maximum Gasteiger partial charge on any atom is 0.255 e. The largest absolute Gasteiger partial charge is 0.337 e. The molecule has 0 bridgehead atoms. The molecule has 0 unspecified atom stereocenters. The second kappa shape index (κ2) is 4.61. The number of rotatable bonds is 1. The molecule has 0 spiro atoms. The highest BCUT2D eigenvalue weighted by Crippen LogP contribution is 2.14. The standard InChI is InChI=1S/C12H17N3O/c1-9-11(5-2-6-14-9)12(16)15-7-3-4-10(13)8-15/h2,5-6,10H,3-4,7-8,13H2,1H3/t10-/m1/s1. The number of carbonyl (C=O) groups excluding carboxylic acids is 1. The van der Waals surface area contributed by atoms with Gasteiger partial charge >= 0.3 is 0 Å². The van der Waals surface area contributed by atoms with Gasteiger partial charge in [0.05, 0.1) is 5.56 Å². The maximum atomic E-state index is 12.2. The van der Waals surface area contributed by atoms with Crippen LogP contribution in [0.15, 0.2) is 18.3 Å². The number of carbonyl (C=O) groups is 1. The molecule has 1 atom stereocenters. The molecule has 0 saturated carbocycles. The van der Waals surface area contributed by atoms with Crippen LogP contribution in [-0.4, -0.2) is 34.9 Å². The third kappa shape index (κ3) is 2.22. The summed E-state index contributed by atoms with van der Waals surface area (Å²) < 4.78 is 0. The molecule has 16 heavy (non-hydrogen) atoms. The molecule has 1 aliphatic heterocycles. The number of hydrogen-bond acceptors (Lipinski definition) is 3. The van der Waals surface area contributed by atoms with Gasteiger partial charge in [-0.2, -0.15) is 0 Å². The number of nitrogens with zero attached hydrogens (tertiary/aromatic N) is 2. The highest BCUT2D eigenvalue weighted by molar-refractivity contribution is 5.95. The first-order valence-electron chi connectivity index (χ1n) is 5.65. The van der Waals surface area contributed by atoms with Crippen LogP contribution in [0.25, 0.3) is 0 Å². The van der Waals surface area contributed by atoms with Crippen LogP contribution < -0.4 is 5.73 Å². The third-order valence-corrected chi connectivity index (χ3v) is 2.98. The van der Waals surface area contributed by atoms with Crippen molar-refractivity contribution in [3.05, 3.63) is 29.6 Å². The Kier molecular flexibility index (Phi) is 3.19. The quantitative estimate of drug-likeness (QED) is 0.765. The number of nitrogens with two attached hydrogens (primary N) is 1. The lowest BCUT2D eigenvalue weighted by Gasteiger charge is -2.31. The highest BCUT2D eigenvalue weighted by Gasteiger charge is 2.23. The van der Waals surface area contributed by atoms with Crippen LogP contribution in [0.4, 0.5) is 0 Å². The van der Waals surface area contributed by atoms with E-state index in [2.05, 4.69) is 4.98 Å². The second-order valence-electron chi connectivity index (χ2n) is 4.29. The summed E-state index contributed by atoms with van der Waals surface area (Å²) in [5.74, 6) is 0.0563. The van der Waals surface area contributed by atoms with Gasteiger partial charge in [0.1, 0.15) is 0 Å². The molecule has 0 aromatic carbocycles. The van der Waals surface area contributed by atoms with Crippen molar-refractivity contribution in [3.8, 4) is 0 Å². The Hall–Kier alpha value is -1.42. The normalized spacial score (nSPS) is 20.9. The average molecular weight is 219 g/mol. The molecule has 1 saturated heterocycles. The van der Waals surface area contributed by atoms with E-state index < -0.39 is 0 Å². The van der Waals surface area contributed by atoms with Crippen molar-refractivity contribution >= 4 is 5.91 Å². The van der Waals surface area contributed by atoms with Crippen LogP contribution >= 0.6 is 0 Å². The van der Waals surface area contributed by atoms with Crippen molar-refractivity contribution in [3.63, 3.8) is 0 Å². The molecule has 1 fully saturated rings. The third-order valence-electron chi connectivity index (χ3n) is 2.98. The van der Waals surface area contributed by atoms with E-state index in [1.54, 1.807) is 12.3 Å². The Balaban J connectivity index is 2.16. The average Bonchev–Trinajstić information content (AvgIpc) is 2.29. The fourth-order valence-corrected chi connectivity index (χ4v) is 2.08. The van der Waals surface area contributed by atoms with Gasteiger partial charge in [0.15, 0.2) is 0 Å². The molecule has 86 valence electrons. The lowest BCUT2D eigenvalue weighted by Crippen LogP contribution is -2.45. The summed E-state index contributed by atoms with van der Waals surface area (Å²) >= 11 is 0. The molecule has 2 rings (SSSR count). The van der Waals surface area contributed by atoms with Crippen LogP contribution in [0.5, 0.6) is 0 Å². The molecule has 4 nitrogen and oxygen atoms in total. The molecule has 1 aromatic heterocycles. The molecular weight excluding hydrogens is 202 g/mol. The van der Waals surface area contributed by atoms with Crippen LogP contribution in [-0.2, 0) is 0 Å². The van der Waals surface area contributed by atoms with Crippen LogP contribution in [0.3, 0.4) is 0 Å². The Morgan fingerprint density at radius 1 is 1.62 bits per heavy atom. The van der Waals surface area contributed by atoms with E-state index in [-0.39, 0.29) is 11.9 Å². The summed E-state index contributed by atoms with van der Waals surface area (Å²) in [4.78, 5) is 18.2. The van der Waals surface area contributed by atoms with Gasteiger partial charge in [-0.3, -0.25) is 9.78 Å². The first-order chi connectivity index (χ1) is 7.68. The summed E-state index contributed by atoms with van der Waals surface area (Å²) in [5, 5.41) is 0. The molecule has 2 N–H and O–H groups in total. The van der Waals surface area contributed by atoms with Crippen LogP contribution in [0.2, 0.25) is 0 Å². The fraction of sp³-hybridized carbons (Fsp3) is 0.500. The molecule has 2 heterocycles. The number of aryl methyl sites for hydroxylation is 1. The summed E-state index contributed by atoms with van der Waals surface area (Å²) in [6, 6.07) is 3.74. The van der Waals surface area contributed by atoms with E-state index in [4.69, 9.17) is 5.73 Å². The second-order valence-corrected chi connectivity index (χ2v) is 4.29. The van der Waals surface area contributed by atoms with Gasteiger partial charge in [-0.25, -0.2) is 0 Å². The predicted octanol–water partition coefficient (Wildman–Crippen LogP) is 0.953.